The SMILES string of the molecule is Cn1c2c(c3cc(Cl)ccc31)CC(C)(C)NC2. The largest absolute Gasteiger partial charge is 0.346 e. The Morgan fingerprint density at radius 3 is 2.88 bits per heavy atom. The second-order valence-corrected chi connectivity index (χ2v) is 6.00. The highest BCUT2D eigenvalue weighted by molar-refractivity contribution is 6.31. The van der Waals surface area contributed by atoms with Crippen molar-refractivity contribution in [1.29, 1.82) is 0 Å². The summed E-state index contributed by atoms with van der Waals surface area (Å²) in [6.45, 7) is 5.43. The minimum absolute atomic E-state index is 0.170. The van der Waals surface area contributed by atoms with Crippen molar-refractivity contribution in [3.05, 3.63) is 34.5 Å². The maximum Gasteiger partial charge on any atom is 0.0484 e. The number of halogens is 1. The average molecular weight is 249 g/mol. The predicted molar refractivity (Wildman–Crippen MR) is 72.6 cm³/mol. The maximum absolute atomic E-state index is 6.12. The van der Waals surface area contributed by atoms with Crippen molar-refractivity contribution >= 4 is 22.5 Å². The number of hydrogen-bond acceptors (Lipinski definition) is 1. The molecule has 90 valence electrons. The van der Waals surface area contributed by atoms with Gasteiger partial charge in [-0.3, -0.25) is 0 Å². The van der Waals surface area contributed by atoms with E-state index in [1.807, 2.05) is 6.07 Å². The molecule has 2 nitrogen and oxygen atoms in total. The summed E-state index contributed by atoms with van der Waals surface area (Å²) in [5, 5.41) is 5.71. The monoisotopic (exact) mass is 248 g/mol. The lowest BCUT2D eigenvalue weighted by molar-refractivity contribution is 0.357. The van der Waals surface area contributed by atoms with Gasteiger partial charge < -0.3 is 9.88 Å². The fourth-order valence-corrected chi connectivity index (χ4v) is 2.97. The van der Waals surface area contributed by atoms with Crippen LogP contribution in [0.5, 0.6) is 0 Å². The highest BCUT2D eigenvalue weighted by Crippen LogP contribution is 2.33. The third-order valence-electron chi connectivity index (χ3n) is 3.75. The van der Waals surface area contributed by atoms with Gasteiger partial charge in [0.1, 0.15) is 0 Å². The van der Waals surface area contributed by atoms with Crippen LogP contribution in [0.25, 0.3) is 10.9 Å². The molecule has 0 fully saturated rings. The lowest BCUT2D eigenvalue weighted by Crippen LogP contribution is -2.44. The number of hydrogen-bond donors (Lipinski definition) is 1. The molecule has 1 aromatic carbocycles. The Morgan fingerprint density at radius 2 is 2.12 bits per heavy atom. The molecular weight excluding hydrogens is 232 g/mol. The molecule has 0 radical (unpaired) electrons. The molecule has 0 unspecified atom stereocenters. The standard InChI is InChI=1S/C14H17ClN2/c1-14(2)7-11-10-6-9(15)4-5-12(10)17(3)13(11)8-16-14/h4-6,16H,7-8H2,1-3H3. The van der Waals surface area contributed by atoms with E-state index in [1.165, 1.54) is 22.2 Å². The molecule has 0 amide bonds. The van der Waals surface area contributed by atoms with Crippen LogP contribution in [0.4, 0.5) is 0 Å². The molecule has 0 saturated carbocycles. The molecule has 0 bridgehead atoms. The summed E-state index contributed by atoms with van der Waals surface area (Å²) in [5.74, 6) is 0. The Morgan fingerprint density at radius 1 is 1.35 bits per heavy atom. The van der Waals surface area contributed by atoms with Crippen LogP contribution >= 0.6 is 11.6 Å². The van der Waals surface area contributed by atoms with Gasteiger partial charge in [0.25, 0.3) is 0 Å². The van der Waals surface area contributed by atoms with Gasteiger partial charge >= 0.3 is 0 Å². The van der Waals surface area contributed by atoms with Crippen molar-refractivity contribution in [2.45, 2.75) is 32.4 Å². The third kappa shape index (κ3) is 1.67. The summed E-state index contributed by atoms with van der Waals surface area (Å²) in [6, 6.07) is 6.17. The van der Waals surface area contributed by atoms with Gasteiger partial charge in [-0.05, 0) is 44.0 Å². The molecule has 3 heteroatoms. The van der Waals surface area contributed by atoms with Crippen molar-refractivity contribution in [3.63, 3.8) is 0 Å². The molecule has 0 aliphatic carbocycles. The van der Waals surface area contributed by atoms with Crippen molar-refractivity contribution < 1.29 is 0 Å². The smallest absolute Gasteiger partial charge is 0.0484 e. The Hall–Kier alpha value is -0.990. The third-order valence-corrected chi connectivity index (χ3v) is 3.99. The van der Waals surface area contributed by atoms with Gasteiger partial charge in [-0.2, -0.15) is 0 Å². The summed E-state index contributed by atoms with van der Waals surface area (Å²) in [7, 11) is 2.13. The maximum atomic E-state index is 6.12. The number of aromatic nitrogens is 1. The van der Waals surface area contributed by atoms with Gasteiger partial charge in [-0.1, -0.05) is 11.6 Å². The highest BCUT2D eigenvalue weighted by Gasteiger charge is 2.28. The minimum Gasteiger partial charge on any atom is -0.346 e. The fraction of sp³-hybridized carbons (Fsp3) is 0.429. The fourth-order valence-electron chi connectivity index (χ4n) is 2.80. The number of fused-ring (bicyclic) bond motifs is 3. The molecule has 1 aromatic heterocycles. The van der Waals surface area contributed by atoms with E-state index in [9.17, 15) is 0 Å². The highest BCUT2D eigenvalue weighted by atomic mass is 35.5. The first-order chi connectivity index (χ1) is 7.98. The Bertz CT molecular complexity index is 596. The van der Waals surface area contributed by atoms with Crippen LogP contribution in [0.3, 0.4) is 0 Å². The Kier molecular flexibility index (Phi) is 2.29. The average Bonchev–Trinajstić information content (AvgIpc) is 2.51. The molecule has 1 N–H and O–H groups in total. The quantitative estimate of drug-likeness (QED) is 0.757. The zero-order valence-corrected chi connectivity index (χ0v) is 11.2. The van der Waals surface area contributed by atoms with Crippen LogP contribution in [0.2, 0.25) is 5.02 Å². The normalized spacial score (nSPS) is 18.4. The van der Waals surface area contributed by atoms with Gasteiger partial charge in [-0.15, -0.1) is 0 Å². The summed E-state index contributed by atoms with van der Waals surface area (Å²) in [5.41, 5.74) is 4.29. The number of aryl methyl sites for hydroxylation is 1. The van der Waals surface area contributed by atoms with Crippen LogP contribution in [-0.2, 0) is 20.0 Å². The van der Waals surface area contributed by atoms with Crippen LogP contribution in [0, 0.1) is 0 Å². The van der Waals surface area contributed by atoms with Crippen LogP contribution < -0.4 is 5.32 Å². The van der Waals surface area contributed by atoms with E-state index in [0.717, 1.165) is 18.0 Å². The Balaban J connectivity index is 2.30. The predicted octanol–water partition coefficient (Wildman–Crippen LogP) is 3.26. The van der Waals surface area contributed by atoms with Crippen LogP contribution in [0.1, 0.15) is 25.1 Å². The molecule has 0 spiro atoms. The van der Waals surface area contributed by atoms with Gasteiger partial charge in [-0.25, -0.2) is 0 Å². The topological polar surface area (TPSA) is 17.0 Å². The zero-order valence-electron chi connectivity index (χ0n) is 10.5. The van der Waals surface area contributed by atoms with Crippen molar-refractivity contribution in [3.8, 4) is 0 Å². The summed E-state index contributed by atoms with van der Waals surface area (Å²) in [4.78, 5) is 0. The summed E-state index contributed by atoms with van der Waals surface area (Å²) < 4.78 is 2.28. The molecule has 2 aromatic rings. The molecule has 0 saturated heterocycles. The van der Waals surface area contributed by atoms with Gasteiger partial charge in [0, 0.05) is 40.8 Å². The van der Waals surface area contributed by atoms with Crippen molar-refractivity contribution in [1.82, 2.24) is 9.88 Å². The molecule has 2 heterocycles. The van der Waals surface area contributed by atoms with Crippen molar-refractivity contribution in [2.75, 3.05) is 0 Å². The minimum atomic E-state index is 0.170. The van der Waals surface area contributed by atoms with Crippen LogP contribution in [0.15, 0.2) is 18.2 Å². The number of nitrogens with zero attached hydrogens (tertiary/aromatic N) is 1. The number of benzene rings is 1. The molecule has 1 aliphatic heterocycles. The van der Waals surface area contributed by atoms with Gasteiger partial charge in [0.15, 0.2) is 0 Å². The number of nitrogens with one attached hydrogen (secondary N) is 1. The molecular formula is C14H17ClN2. The first-order valence-corrected chi connectivity index (χ1v) is 6.36. The first-order valence-electron chi connectivity index (χ1n) is 5.99. The second-order valence-electron chi connectivity index (χ2n) is 5.56. The van der Waals surface area contributed by atoms with E-state index in [2.05, 4.69) is 42.9 Å². The molecule has 0 atom stereocenters. The van der Waals surface area contributed by atoms with Gasteiger partial charge in [0.2, 0.25) is 0 Å². The summed E-state index contributed by atoms with van der Waals surface area (Å²) in [6.07, 6.45) is 1.06. The van der Waals surface area contributed by atoms with E-state index in [1.54, 1.807) is 0 Å². The van der Waals surface area contributed by atoms with Gasteiger partial charge in [0.05, 0.1) is 0 Å². The van der Waals surface area contributed by atoms with E-state index in [4.69, 9.17) is 11.6 Å². The van der Waals surface area contributed by atoms with Crippen LogP contribution in [-0.4, -0.2) is 10.1 Å². The molecule has 1 aliphatic rings. The Labute approximate surface area is 107 Å². The first kappa shape index (κ1) is 11.1. The second kappa shape index (κ2) is 3.50. The lowest BCUT2D eigenvalue weighted by Gasteiger charge is -2.31. The molecule has 17 heavy (non-hydrogen) atoms. The lowest BCUT2D eigenvalue weighted by atomic mass is 9.89. The zero-order chi connectivity index (χ0) is 12.2. The van der Waals surface area contributed by atoms with E-state index < -0.39 is 0 Å². The summed E-state index contributed by atoms with van der Waals surface area (Å²) >= 11 is 6.12. The van der Waals surface area contributed by atoms with E-state index >= 15 is 0 Å². The number of rotatable bonds is 0. The molecule has 3 rings (SSSR count). The van der Waals surface area contributed by atoms with E-state index in [-0.39, 0.29) is 5.54 Å². The van der Waals surface area contributed by atoms with Crippen molar-refractivity contribution in [2.24, 2.45) is 7.05 Å². The van der Waals surface area contributed by atoms with E-state index in [0.29, 0.717) is 0 Å².